The molecule has 4 heteroatoms. The first-order valence-electron chi connectivity index (χ1n) is 6.51. The molecule has 1 aromatic heterocycles. The van der Waals surface area contributed by atoms with Crippen LogP contribution in [0.5, 0.6) is 0 Å². The van der Waals surface area contributed by atoms with Crippen molar-refractivity contribution in [3.05, 3.63) is 22.4 Å². The van der Waals surface area contributed by atoms with Crippen molar-refractivity contribution in [3.63, 3.8) is 0 Å². The Bertz CT molecular complexity index is 371. The van der Waals surface area contributed by atoms with Crippen LogP contribution in [-0.4, -0.2) is 35.7 Å². The summed E-state index contributed by atoms with van der Waals surface area (Å²) in [5.41, 5.74) is 5.76. The quantitative estimate of drug-likeness (QED) is 0.916. The van der Waals surface area contributed by atoms with E-state index in [0.29, 0.717) is 12.6 Å². The highest BCUT2D eigenvalue weighted by Gasteiger charge is 2.40. The summed E-state index contributed by atoms with van der Waals surface area (Å²) in [6, 6.07) is 4.59. The summed E-state index contributed by atoms with van der Waals surface area (Å²) in [7, 11) is 0. The van der Waals surface area contributed by atoms with Crippen molar-refractivity contribution in [1.82, 2.24) is 4.90 Å². The second-order valence-corrected chi connectivity index (χ2v) is 7.27. The normalized spacial score (nSPS) is 24.9. The lowest BCUT2D eigenvalue weighted by Crippen LogP contribution is -2.58. The predicted molar refractivity (Wildman–Crippen MR) is 76.9 cm³/mol. The lowest BCUT2D eigenvalue weighted by Gasteiger charge is -2.49. The maximum absolute atomic E-state index is 6.12. The summed E-state index contributed by atoms with van der Waals surface area (Å²) in [6.45, 7) is 11.1. The van der Waals surface area contributed by atoms with Crippen LogP contribution in [-0.2, 0) is 4.74 Å². The largest absolute Gasteiger partial charge is 0.367 e. The van der Waals surface area contributed by atoms with Gasteiger partial charge in [0.05, 0.1) is 17.2 Å². The molecule has 1 aliphatic rings. The standard InChI is InChI=1S/C14H24N2OS/c1-13(2)9-16(10-14(3,4)17-13)11(8-15)12-6-5-7-18-12/h5-7,11H,8-10,15H2,1-4H3. The Morgan fingerprint density at radius 2 is 1.94 bits per heavy atom. The van der Waals surface area contributed by atoms with Crippen molar-refractivity contribution in [1.29, 1.82) is 0 Å². The van der Waals surface area contributed by atoms with Gasteiger partial charge in [0.1, 0.15) is 0 Å². The van der Waals surface area contributed by atoms with E-state index in [4.69, 9.17) is 10.5 Å². The molecular formula is C14H24N2OS. The fraction of sp³-hybridized carbons (Fsp3) is 0.714. The van der Waals surface area contributed by atoms with E-state index < -0.39 is 0 Å². The van der Waals surface area contributed by atoms with Crippen LogP contribution in [0, 0.1) is 0 Å². The van der Waals surface area contributed by atoms with Gasteiger partial charge in [-0.3, -0.25) is 4.90 Å². The first kappa shape index (κ1) is 14.0. The zero-order chi connectivity index (χ0) is 13.4. The molecule has 1 aliphatic heterocycles. The van der Waals surface area contributed by atoms with Gasteiger partial charge in [0.2, 0.25) is 0 Å². The molecule has 2 N–H and O–H groups in total. The molecular weight excluding hydrogens is 244 g/mol. The average molecular weight is 268 g/mol. The second-order valence-electron chi connectivity index (χ2n) is 6.29. The molecule has 0 radical (unpaired) electrons. The summed E-state index contributed by atoms with van der Waals surface area (Å²) < 4.78 is 6.12. The second kappa shape index (κ2) is 4.93. The SMILES string of the molecule is CC1(C)CN(C(CN)c2cccs2)CC(C)(C)O1. The third-order valence-electron chi connectivity index (χ3n) is 3.26. The van der Waals surface area contributed by atoms with Crippen molar-refractivity contribution in [2.24, 2.45) is 5.73 Å². The van der Waals surface area contributed by atoms with Crippen molar-refractivity contribution in [2.45, 2.75) is 44.9 Å². The number of hydrogen-bond acceptors (Lipinski definition) is 4. The third-order valence-corrected chi connectivity index (χ3v) is 4.23. The van der Waals surface area contributed by atoms with E-state index >= 15 is 0 Å². The number of nitrogens with zero attached hydrogens (tertiary/aromatic N) is 1. The number of thiophene rings is 1. The number of hydrogen-bond donors (Lipinski definition) is 1. The predicted octanol–water partition coefficient (Wildman–Crippen LogP) is 2.64. The van der Waals surface area contributed by atoms with Gasteiger partial charge in [-0.15, -0.1) is 11.3 Å². The van der Waals surface area contributed by atoms with E-state index in [1.54, 1.807) is 11.3 Å². The minimum Gasteiger partial charge on any atom is -0.367 e. The molecule has 2 heterocycles. The highest BCUT2D eigenvalue weighted by molar-refractivity contribution is 7.10. The molecule has 1 fully saturated rings. The Morgan fingerprint density at radius 3 is 2.39 bits per heavy atom. The van der Waals surface area contributed by atoms with E-state index in [-0.39, 0.29) is 11.2 Å². The molecule has 102 valence electrons. The van der Waals surface area contributed by atoms with E-state index in [9.17, 15) is 0 Å². The Morgan fingerprint density at radius 1 is 1.33 bits per heavy atom. The maximum atomic E-state index is 6.12. The Hall–Kier alpha value is -0.420. The Labute approximate surface area is 114 Å². The number of ether oxygens (including phenoxy) is 1. The molecule has 1 aromatic rings. The van der Waals surface area contributed by atoms with Crippen LogP contribution >= 0.6 is 11.3 Å². The van der Waals surface area contributed by atoms with Crippen molar-refractivity contribution in [3.8, 4) is 0 Å². The van der Waals surface area contributed by atoms with Gasteiger partial charge in [-0.2, -0.15) is 0 Å². The van der Waals surface area contributed by atoms with E-state index in [1.807, 2.05) is 0 Å². The van der Waals surface area contributed by atoms with Crippen molar-refractivity contribution >= 4 is 11.3 Å². The van der Waals surface area contributed by atoms with Crippen LogP contribution in [0.4, 0.5) is 0 Å². The molecule has 1 atom stereocenters. The zero-order valence-electron chi connectivity index (χ0n) is 11.8. The van der Waals surface area contributed by atoms with Gasteiger partial charge in [-0.25, -0.2) is 0 Å². The lowest BCUT2D eigenvalue weighted by molar-refractivity contribution is -0.187. The third kappa shape index (κ3) is 3.12. The summed E-state index contributed by atoms with van der Waals surface area (Å²) in [5, 5.41) is 2.12. The molecule has 0 aliphatic carbocycles. The van der Waals surface area contributed by atoms with Crippen LogP contribution in [0.1, 0.15) is 38.6 Å². The van der Waals surface area contributed by atoms with E-state index in [2.05, 4.69) is 50.1 Å². The van der Waals surface area contributed by atoms with Gasteiger partial charge in [-0.1, -0.05) is 6.07 Å². The van der Waals surface area contributed by atoms with Gasteiger partial charge in [0.25, 0.3) is 0 Å². The van der Waals surface area contributed by atoms with Crippen LogP contribution < -0.4 is 5.73 Å². The molecule has 0 spiro atoms. The molecule has 0 aromatic carbocycles. The van der Waals surface area contributed by atoms with Crippen molar-refractivity contribution in [2.75, 3.05) is 19.6 Å². The fourth-order valence-corrected chi connectivity index (χ4v) is 3.87. The lowest BCUT2D eigenvalue weighted by atomic mass is 9.97. The zero-order valence-corrected chi connectivity index (χ0v) is 12.6. The highest BCUT2D eigenvalue weighted by Crippen LogP contribution is 2.34. The molecule has 18 heavy (non-hydrogen) atoms. The summed E-state index contributed by atoms with van der Waals surface area (Å²) in [5.74, 6) is 0. The number of morpholine rings is 1. The van der Waals surface area contributed by atoms with Crippen LogP contribution in [0.15, 0.2) is 17.5 Å². The van der Waals surface area contributed by atoms with Crippen LogP contribution in [0.2, 0.25) is 0 Å². The summed E-state index contributed by atoms with van der Waals surface area (Å²) >= 11 is 1.79. The molecule has 0 saturated carbocycles. The van der Waals surface area contributed by atoms with Crippen LogP contribution in [0.25, 0.3) is 0 Å². The highest BCUT2D eigenvalue weighted by atomic mass is 32.1. The monoisotopic (exact) mass is 268 g/mol. The molecule has 1 unspecified atom stereocenters. The minimum absolute atomic E-state index is 0.119. The number of rotatable bonds is 3. The molecule has 0 bridgehead atoms. The molecule has 2 rings (SSSR count). The van der Waals surface area contributed by atoms with E-state index in [0.717, 1.165) is 13.1 Å². The Kier molecular flexibility index (Phi) is 3.83. The van der Waals surface area contributed by atoms with Gasteiger partial charge in [-0.05, 0) is 39.1 Å². The van der Waals surface area contributed by atoms with Gasteiger partial charge >= 0.3 is 0 Å². The van der Waals surface area contributed by atoms with Gasteiger partial charge in [0, 0.05) is 24.5 Å². The van der Waals surface area contributed by atoms with Gasteiger partial charge < -0.3 is 10.5 Å². The van der Waals surface area contributed by atoms with Gasteiger partial charge in [0.15, 0.2) is 0 Å². The summed E-state index contributed by atoms with van der Waals surface area (Å²) in [4.78, 5) is 3.82. The molecule has 0 amide bonds. The number of nitrogens with two attached hydrogens (primary N) is 1. The Balaban J connectivity index is 2.21. The summed E-state index contributed by atoms with van der Waals surface area (Å²) in [6.07, 6.45) is 0. The van der Waals surface area contributed by atoms with E-state index in [1.165, 1.54) is 4.88 Å². The molecule has 1 saturated heterocycles. The topological polar surface area (TPSA) is 38.5 Å². The first-order valence-corrected chi connectivity index (χ1v) is 7.39. The minimum atomic E-state index is -0.119. The maximum Gasteiger partial charge on any atom is 0.0761 e. The van der Waals surface area contributed by atoms with Crippen LogP contribution in [0.3, 0.4) is 0 Å². The smallest absolute Gasteiger partial charge is 0.0761 e. The fourth-order valence-electron chi connectivity index (χ4n) is 2.99. The average Bonchev–Trinajstić information content (AvgIpc) is 2.67. The van der Waals surface area contributed by atoms with Crippen molar-refractivity contribution < 1.29 is 4.74 Å². The molecule has 3 nitrogen and oxygen atoms in total. The first-order chi connectivity index (χ1) is 8.33.